The molecule has 0 aromatic heterocycles. The highest BCUT2D eigenvalue weighted by Gasteiger charge is 2.20. The number of hydrogen-bond acceptors (Lipinski definition) is 3. The minimum absolute atomic E-state index is 0.592. The molecule has 0 aliphatic rings. The summed E-state index contributed by atoms with van der Waals surface area (Å²) in [4.78, 5) is 2.58. The Morgan fingerprint density at radius 1 is 1.11 bits per heavy atom. The van der Waals surface area contributed by atoms with Crippen molar-refractivity contribution < 1.29 is 4.74 Å². The van der Waals surface area contributed by atoms with Gasteiger partial charge in [0.1, 0.15) is 0 Å². The standard InChI is InChI=1S/C15H34N2O/c1-7-9-16-13(3)12-15(5)17(10-11-18-6)14(4)8-2/h13-16H,7-12H2,1-6H3. The molecular weight excluding hydrogens is 224 g/mol. The van der Waals surface area contributed by atoms with Crippen LogP contribution in [-0.4, -0.2) is 49.8 Å². The second-order valence-electron chi connectivity index (χ2n) is 5.43. The van der Waals surface area contributed by atoms with Gasteiger partial charge in [-0.05, 0) is 46.6 Å². The lowest BCUT2D eigenvalue weighted by Gasteiger charge is -2.35. The first-order valence-corrected chi connectivity index (χ1v) is 7.54. The number of ether oxygens (including phenoxy) is 1. The molecule has 0 saturated heterocycles. The first kappa shape index (κ1) is 17.9. The molecule has 0 aromatic carbocycles. The molecule has 0 aromatic rings. The topological polar surface area (TPSA) is 24.5 Å². The fourth-order valence-electron chi connectivity index (χ4n) is 2.43. The third kappa shape index (κ3) is 7.34. The molecule has 0 rings (SSSR count). The zero-order valence-electron chi connectivity index (χ0n) is 13.3. The summed E-state index contributed by atoms with van der Waals surface area (Å²) in [5.74, 6) is 0. The van der Waals surface area contributed by atoms with Gasteiger partial charge in [-0.2, -0.15) is 0 Å². The van der Waals surface area contributed by atoms with Crippen LogP contribution in [0.3, 0.4) is 0 Å². The van der Waals surface area contributed by atoms with Gasteiger partial charge >= 0.3 is 0 Å². The predicted octanol–water partition coefficient (Wildman–Crippen LogP) is 2.90. The fraction of sp³-hybridized carbons (Fsp3) is 1.00. The van der Waals surface area contributed by atoms with Gasteiger partial charge in [-0.25, -0.2) is 0 Å². The largest absolute Gasteiger partial charge is 0.383 e. The van der Waals surface area contributed by atoms with Crippen molar-refractivity contribution in [3.05, 3.63) is 0 Å². The van der Waals surface area contributed by atoms with Crippen molar-refractivity contribution in [1.82, 2.24) is 10.2 Å². The highest BCUT2D eigenvalue weighted by molar-refractivity contribution is 4.76. The molecular formula is C15H34N2O. The zero-order valence-corrected chi connectivity index (χ0v) is 13.3. The number of nitrogens with one attached hydrogen (secondary N) is 1. The average Bonchev–Trinajstić information content (AvgIpc) is 2.36. The number of nitrogens with zero attached hydrogens (tertiary/aromatic N) is 1. The van der Waals surface area contributed by atoms with Crippen LogP contribution < -0.4 is 5.32 Å². The first-order valence-electron chi connectivity index (χ1n) is 7.54. The molecule has 0 aliphatic carbocycles. The molecule has 0 bridgehead atoms. The third-order valence-corrected chi connectivity index (χ3v) is 3.71. The lowest BCUT2D eigenvalue weighted by molar-refractivity contribution is 0.0870. The average molecular weight is 258 g/mol. The summed E-state index contributed by atoms with van der Waals surface area (Å²) in [6.45, 7) is 14.4. The lowest BCUT2D eigenvalue weighted by Crippen LogP contribution is -2.45. The van der Waals surface area contributed by atoms with E-state index in [2.05, 4.69) is 44.8 Å². The van der Waals surface area contributed by atoms with Crippen LogP contribution in [0.4, 0.5) is 0 Å². The molecule has 3 nitrogen and oxygen atoms in total. The van der Waals surface area contributed by atoms with Crippen LogP contribution in [0.5, 0.6) is 0 Å². The van der Waals surface area contributed by atoms with Crippen molar-refractivity contribution in [3.8, 4) is 0 Å². The second kappa shape index (κ2) is 10.8. The number of hydrogen-bond donors (Lipinski definition) is 1. The highest BCUT2D eigenvalue weighted by atomic mass is 16.5. The van der Waals surface area contributed by atoms with Gasteiger partial charge in [-0.3, -0.25) is 4.90 Å². The Hall–Kier alpha value is -0.120. The Morgan fingerprint density at radius 3 is 2.28 bits per heavy atom. The van der Waals surface area contributed by atoms with Gasteiger partial charge in [0.05, 0.1) is 6.61 Å². The van der Waals surface area contributed by atoms with Crippen LogP contribution in [0.2, 0.25) is 0 Å². The summed E-state index contributed by atoms with van der Waals surface area (Å²) in [6.07, 6.45) is 3.61. The van der Waals surface area contributed by atoms with Gasteiger partial charge in [0.25, 0.3) is 0 Å². The SMILES string of the molecule is CCCNC(C)CC(C)N(CCOC)C(C)CC. The van der Waals surface area contributed by atoms with E-state index in [-0.39, 0.29) is 0 Å². The van der Waals surface area contributed by atoms with Crippen molar-refractivity contribution in [2.45, 2.75) is 72.0 Å². The molecule has 1 N–H and O–H groups in total. The normalized spacial score (nSPS) is 16.8. The summed E-state index contributed by atoms with van der Waals surface area (Å²) in [7, 11) is 1.78. The van der Waals surface area contributed by atoms with Crippen LogP contribution >= 0.6 is 0 Å². The number of rotatable bonds is 11. The van der Waals surface area contributed by atoms with Crippen LogP contribution in [0.25, 0.3) is 0 Å². The third-order valence-electron chi connectivity index (χ3n) is 3.71. The monoisotopic (exact) mass is 258 g/mol. The Morgan fingerprint density at radius 2 is 1.78 bits per heavy atom. The second-order valence-corrected chi connectivity index (χ2v) is 5.43. The lowest BCUT2D eigenvalue weighted by atomic mass is 10.1. The Kier molecular flexibility index (Phi) is 10.7. The van der Waals surface area contributed by atoms with E-state index >= 15 is 0 Å². The molecule has 3 heteroatoms. The van der Waals surface area contributed by atoms with E-state index < -0.39 is 0 Å². The van der Waals surface area contributed by atoms with Gasteiger partial charge in [0.2, 0.25) is 0 Å². The van der Waals surface area contributed by atoms with Crippen molar-refractivity contribution >= 4 is 0 Å². The molecule has 0 saturated carbocycles. The Balaban J connectivity index is 4.22. The first-order chi connectivity index (χ1) is 8.56. The maximum Gasteiger partial charge on any atom is 0.0589 e. The van der Waals surface area contributed by atoms with Gasteiger partial charge in [0, 0.05) is 31.8 Å². The summed E-state index contributed by atoms with van der Waals surface area (Å²) in [5, 5.41) is 3.57. The molecule has 3 unspecified atom stereocenters. The van der Waals surface area contributed by atoms with Gasteiger partial charge < -0.3 is 10.1 Å². The minimum atomic E-state index is 0.592. The molecule has 0 fully saturated rings. The Labute approximate surface area is 114 Å². The molecule has 0 aliphatic heterocycles. The van der Waals surface area contributed by atoms with E-state index in [1.807, 2.05) is 0 Å². The summed E-state index contributed by atoms with van der Waals surface area (Å²) in [5.41, 5.74) is 0. The Bertz CT molecular complexity index is 187. The summed E-state index contributed by atoms with van der Waals surface area (Å²) < 4.78 is 5.23. The molecule has 3 atom stereocenters. The van der Waals surface area contributed by atoms with E-state index in [0.717, 1.165) is 19.7 Å². The smallest absolute Gasteiger partial charge is 0.0589 e. The van der Waals surface area contributed by atoms with Crippen LogP contribution in [0.15, 0.2) is 0 Å². The van der Waals surface area contributed by atoms with Crippen molar-refractivity contribution in [3.63, 3.8) is 0 Å². The molecule has 0 heterocycles. The quantitative estimate of drug-likeness (QED) is 0.617. The van der Waals surface area contributed by atoms with Crippen LogP contribution in [0, 0.1) is 0 Å². The predicted molar refractivity (Wildman–Crippen MR) is 80.2 cm³/mol. The van der Waals surface area contributed by atoms with Crippen molar-refractivity contribution in [2.75, 3.05) is 26.8 Å². The maximum absolute atomic E-state index is 5.23. The molecule has 18 heavy (non-hydrogen) atoms. The molecule has 0 amide bonds. The summed E-state index contributed by atoms with van der Waals surface area (Å²) in [6, 6.07) is 1.83. The minimum Gasteiger partial charge on any atom is -0.383 e. The molecule has 0 spiro atoms. The van der Waals surface area contributed by atoms with E-state index in [1.54, 1.807) is 7.11 Å². The maximum atomic E-state index is 5.23. The summed E-state index contributed by atoms with van der Waals surface area (Å²) >= 11 is 0. The highest BCUT2D eigenvalue weighted by Crippen LogP contribution is 2.13. The van der Waals surface area contributed by atoms with Gasteiger partial charge in [0.15, 0.2) is 0 Å². The van der Waals surface area contributed by atoms with Crippen molar-refractivity contribution in [1.29, 1.82) is 0 Å². The van der Waals surface area contributed by atoms with Gasteiger partial charge in [-0.1, -0.05) is 13.8 Å². The molecule has 0 radical (unpaired) electrons. The van der Waals surface area contributed by atoms with E-state index in [4.69, 9.17) is 4.74 Å². The number of methoxy groups -OCH3 is 1. The van der Waals surface area contributed by atoms with E-state index in [0.29, 0.717) is 18.1 Å². The van der Waals surface area contributed by atoms with E-state index in [9.17, 15) is 0 Å². The zero-order chi connectivity index (χ0) is 14.0. The van der Waals surface area contributed by atoms with Crippen molar-refractivity contribution in [2.24, 2.45) is 0 Å². The van der Waals surface area contributed by atoms with Crippen LogP contribution in [-0.2, 0) is 4.74 Å². The van der Waals surface area contributed by atoms with Crippen LogP contribution in [0.1, 0.15) is 53.9 Å². The fourth-order valence-corrected chi connectivity index (χ4v) is 2.43. The van der Waals surface area contributed by atoms with Gasteiger partial charge in [-0.15, -0.1) is 0 Å². The van der Waals surface area contributed by atoms with E-state index in [1.165, 1.54) is 19.3 Å². The molecule has 110 valence electrons.